The van der Waals surface area contributed by atoms with Crippen molar-refractivity contribution >= 4 is 11.7 Å². The highest BCUT2D eigenvalue weighted by Gasteiger charge is 2.12. The summed E-state index contributed by atoms with van der Waals surface area (Å²) in [5.41, 5.74) is 3.90. The number of hydrogen-bond acceptors (Lipinski definition) is 3. The number of anilines is 1. The van der Waals surface area contributed by atoms with Crippen LogP contribution in [0.15, 0.2) is 103 Å². The van der Waals surface area contributed by atoms with E-state index in [-0.39, 0.29) is 5.91 Å². The van der Waals surface area contributed by atoms with Crippen molar-refractivity contribution in [3.05, 3.63) is 115 Å². The predicted octanol–water partition coefficient (Wildman–Crippen LogP) is 6.35. The predicted molar refractivity (Wildman–Crippen MR) is 131 cm³/mol. The standard InChI is InChI=1S/C22H23N3O.C6H6/c1-2-9-21(26)25-22-19(15-14-17-10-5-3-6-11-17)24-20(16-23-22)18-12-7-4-8-13-18;1-2-4-6-5-3-1/h3-8,10-13,16H,2,9,14-15H2,1H3,(H,23,25,26);1-6H. The first-order valence-electron chi connectivity index (χ1n) is 11.0. The third-order valence-electron chi connectivity index (χ3n) is 4.81. The minimum atomic E-state index is -0.0183. The molecule has 0 atom stereocenters. The Morgan fingerprint density at radius 2 is 1.34 bits per heavy atom. The van der Waals surface area contributed by atoms with E-state index in [2.05, 4.69) is 22.4 Å². The van der Waals surface area contributed by atoms with E-state index < -0.39 is 0 Å². The van der Waals surface area contributed by atoms with E-state index in [1.165, 1.54) is 5.56 Å². The average Bonchev–Trinajstić information content (AvgIpc) is 2.86. The Kier molecular flexibility index (Phi) is 9.16. The Balaban J connectivity index is 0.000000416. The van der Waals surface area contributed by atoms with Gasteiger partial charge in [0.25, 0.3) is 0 Å². The van der Waals surface area contributed by atoms with Gasteiger partial charge in [0, 0.05) is 12.0 Å². The van der Waals surface area contributed by atoms with Gasteiger partial charge in [-0.15, -0.1) is 0 Å². The lowest BCUT2D eigenvalue weighted by molar-refractivity contribution is -0.116. The van der Waals surface area contributed by atoms with Gasteiger partial charge in [0.15, 0.2) is 5.82 Å². The molecule has 0 aliphatic heterocycles. The third-order valence-corrected chi connectivity index (χ3v) is 4.81. The number of nitrogens with one attached hydrogen (secondary N) is 1. The molecular formula is C28H29N3O. The van der Waals surface area contributed by atoms with E-state index in [0.717, 1.165) is 36.2 Å². The summed E-state index contributed by atoms with van der Waals surface area (Å²) in [5, 5.41) is 2.91. The maximum absolute atomic E-state index is 12.0. The zero-order chi connectivity index (χ0) is 22.4. The molecule has 0 saturated carbocycles. The minimum Gasteiger partial charge on any atom is -0.309 e. The first-order chi connectivity index (χ1) is 15.8. The molecule has 0 radical (unpaired) electrons. The number of carbonyl (C=O) groups is 1. The molecule has 0 aliphatic rings. The maximum atomic E-state index is 12.0. The summed E-state index contributed by atoms with van der Waals surface area (Å²) in [6.45, 7) is 1.99. The number of hydrogen-bond donors (Lipinski definition) is 1. The second-order valence-electron chi connectivity index (χ2n) is 7.36. The molecule has 0 aliphatic carbocycles. The third kappa shape index (κ3) is 7.47. The van der Waals surface area contributed by atoms with Crippen LogP contribution in [0.5, 0.6) is 0 Å². The molecule has 0 unspecified atom stereocenters. The molecule has 162 valence electrons. The van der Waals surface area contributed by atoms with E-state index in [1.807, 2.05) is 91.9 Å². The van der Waals surface area contributed by atoms with E-state index in [1.54, 1.807) is 6.20 Å². The molecule has 4 nitrogen and oxygen atoms in total. The Hall–Kier alpha value is -3.79. The van der Waals surface area contributed by atoms with Gasteiger partial charge in [-0.25, -0.2) is 9.97 Å². The summed E-state index contributed by atoms with van der Waals surface area (Å²) in [6.07, 6.45) is 4.59. The van der Waals surface area contributed by atoms with Crippen molar-refractivity contribution in [2.24, 2.45) is 0 Å². The van der Waals surface area contributed by atoms with Gasteiger partial charge in [-0.2, -0.15) is 0 Å². The molecule has 0 spiro atoms. The minimum absolute atomic E-state index is 0.0183. The number of amides is 1. The fraction of sp³-hybridized carbons (Fsp3) is 0.179. The zero-order valence-corrected chi connectivity index (χ0v) is 18.4. The van der Waals surface area contributed by atoms with E-state index in [9.17, 15) is 4.79 Å². The topological polar surface area (TPSA) is 54.9 Å². The Labute approximate surface area is 190 Å². The summed E-state index contributed by atoms with van der Waals surface area (Å²) in [4.78, 5) is 21.3. The van der Waals surface area contributed by atoms with Crippen molar-refractivity contribution in [3.63, 3.8) is 0 Å². The lowest BCUT2D eigenvalue weighted by atomic mass is 10.1. The Bertz CT molecular complexity index is 1040. The van der Waals surface area contributed by atoms with Crippen LogP contribution < -0.4 is 5.32 Å². The van der Waals surface area contributed by atoms with Crippen LogP contribution >= 0.6 is 0 Å². The zero-order valence-electron chi connectivity index (χ0n) is 18.4. The van der Waals surface area contributed by atoms with Crippen molar-refractivity contribution in [3.8, 4) is 11.3 Å². The molecule has 1 amide bonds. The highest BCUT2D eigenvalue weighted by atomic mass is 16.1. The summed E-state index contributed by atoms with van der Waals surface area (Å²) in [6, 6.07) is 32.3. The van der Waals surface area contributed by atoms with Crippen molar-refractivity contribution in [2.45, 2.75) is 32.6 Å². The molecule has 4 heteroatoms. The molecule has 32 heavy (non-hydrogen) atoms. The van der Waals surface area contributed by atoms with Gasteiger partial charge in [-0.1, -0.05) is 104 Å². The summed E-state index contributed by atoms with van der Waals surface area (Å²) < 4.78 is 0. The smallest absolute Gasteiger partial charge is 0.225 e. The lowest BCUT2D eigenvalue weighted by Gasteiger charge is -2.11. The molecule has 1 heterocycles. The lowest BCUT2D eigenvalue weighted by Crippen LogP contribution is -2.15. The van der Waals surface area contributed by atoms with Gasteiger partial charge < -0.3 is 5.32 Å². The maximum Gasteiger partial charge on any atom is 0.225 e. The van der Waals surface area contributed by atoms with Crippen LogP contribution in [0.3, 0.4) is 0 Å². The normalized spacial score (nSPS) is 10.0. The molecule has 4 aromatic rings. The first-order valence-corrected chi connectivity index (χ1v) is 11.0. The highest BCUT2D eigenvalue weighted by Crippen LogP contribution is 2.21. The molecule has 1 aromatic heterocycles. The molecule has 0 bridgehead atoms. The van der Waals surface area contributed by atoms with Crippen molar-refractivity contribution in [2.75, 3.05) is 5.32 Å². The summed E-state index contributed by atoms with van der Waals surface area (Å²) >= 11 is 0. The van der Waals surface area contributed by atoms with Gasteiger partial charge >= 0.3 is 0 Å². The van der Waals surface area contributed by atoms with E-state index in [0.29, 0.717) is 12.2 Å². The van der Waals surface area contributed by atoms with E-state index >= 15 is 0 Å². The van der Waals surface area contributed by atoms with Crippen LogP contribution in [-0.2, 0) is 17.6 Å². The van der Waals surface area contributed by atoms with Gasteiger partial charge in [0.2, 0.25) is 5.91 Å². The van der Waals surface area contributed by atoms with Gasteiger partial charge in [-0.05, 0) is 24.8 Å². The number of carbonyl (C=O) groups excluding carboxylic acids is 1. The van der Waals surface area contributed by atoms with Crippen LogP contribution in [0, 0.1) is 0 Å². The fourth-order valence-corrected chi connectivity index (χ4v) is 3.17. The fourth-order valence-electron chi connectivity index (χ4n) is 3.17. The van der Waals surface area contributed by atoms with Crippen LogP contribution in [0.4, 0.5) is 5.82 Å². The van der Waals surface area contributed by atoms with Gasteiger partial charge in [0.1, 0.15) is 0 Å². The monoisotopic (exact) mass is 423 g/mol. The molecular weight excluding hydrogens is 394 g/mol. The second kappa shape index (κ2) is 12.8. The molecule has 0 fully saturated rings. The van der Waals surface area contributed by atoms with Crippen LogP contribution in [0.1, 0.15) is 31.0 Å². The number of benzene rings is 3. The average molecular weight is 424 g/mol. The summed E-state index contributed by atoms with van der Waals surface area (Å²) in [7, 11) is 0. The highest BCUT2D eigenvalue weighted by molar-refractivity contribution is 5.90. The largest absolute Gasteiger partial charge is 0.309 e. The van der Waals surface area contributed by atoms with Crippen molar-refractivity contribution in [1.82, 2.24) is 9.97 Å². The second-order valence-corrected chi connectivity index (χ2v) is 7.36. The SMILES string of the molecule is CCCC(=O)Nc1ncc(-c2ccccc2)nc1CCc1ccccc1.c1ccccc1. The quantitative estimate of drug-likeness (QED) is 0.377. The molecule has 0 saturated heterocycles. The van der Waals surface area contributed by atoms with Crippen molar-refractivity contribution < 1.29 is 4.79 Å². The number of aryl methyl sites for hydroxylation is 2. The number of aromatic nitrogens is 2. The molecule has 1 N–H and O–H groups in total. The van der Waals surface area contributed by atoms with E-state index in [4.69, 9.17) is 4.98 Å². The van der Waals surface area contributed by atoms with Crippen molar-refractivity contribution in [1.29, 1.82) is 0 Å². The Morgan fingerprint density at radius 1 is 0.781 bits per heavy atom. The number of rotatable bonds is 7. The molecule has 4 rings (SSSR count). The Morgan fingerprint density at radius 3 is 1.94 bits per heavy atom. The van der Waals surface area contributed by atoms with Crippen LogP contribution in [-0.4, -0.2) is 15.9 Å². The van der Waals surface area contributed by atoms with Gasteiger partial charge in [0.05, 0.1) is 17.6 Å². The first kappa shape index (κ1) is 22.9. The van der Waals surface area contributed by atoms with Gasteiger partial charge in [-0.3, -0.25) is 4.79 Å². The molecule has 3 aromatic carbocycles. The summed E-state index contributed by atoms with van der Waals surface area (Å²) in [5.74, 6) is 0.550. The van der Waals surface area contributed by atoms with Crippen LogP contribution in [0.2, 0.25) is 0 Å². The number of nitrogens with zero attached hydrogens (tertiary/aromatic N) is 2. The van der Waals surface area contributed by atoms with Crippen LogP contribution in [0.25, 0.3) is 11.3 Å².